The van der Waals surface area contributed by atoms with Gasteiger partial charge in [0.25, 0.3) is 5.91 Å². The van der Waals surface area contributed by atoms with Gasteiger partial charge in [-0.1, -0.05) is 54.6 Å². The van der Waals surface area contributed by atoms with Crippen molar-refractivity contribution in [2.75, 3.05) is 6.54 Å². The first-order valence-electron chi connectivity index (χ1n) is 11.4. The third-order valence-electron chi connectivity index (χ3n) is 5.84. The van der Waals surface area contributed by atoms with Crippen LogP contribution in [0, 0.1) is 0 Å². The molecule has 2 N–H and O–H groups in total. The largest absolute Gasteiger partial charge is 0.368 e. The highest BCUT2D eigenvalue weighted by molar-refractivity contribution is 6.00. The van der Waals surface area contributed by atoms with Gasteiger partial charge >= 0.3 is 0 Å². The zero-order valence-electron chi connectivity index (χ0n) is 18.7. The van der Waals surface area contributed by atoms with E-state index in [4.69, 9.17) is 4.74 Å². The molecule has 2 heterocycles. The van der Waals surface area contributed by atoms with Crippen molar-refractivity contribution in [2.24, 2.45) is 0 Å². The average molecular weight is 444 g/mol. The molecule has 170 valence electrons. The molecule has 0 bridgehead atoms. The lowest BCUT2D eigenvalue weighted by Gasteiger charge is -2.35. The topological polar surface area (TPSA) is 80.3 Å². The Morgan fingerprint density at radius 1 is 0.970 bits per heavy atom. The minimum Gasteiger partial charge on any atom is -0.368 e. The predicted molar refractivity (Wildman–Crippen MR) is 128 cm³/mol. The van der Waals surface area contributed by atoms with Crippen LogP contribution in [0.2, 0.25) is 0 Å². The first-order chi connectivity index (χ1) is 16.1. The minimum absolute atomic E-state index is 0.0164. The lowest BCUT2D eigenvalue weighted by molar-refractivity contribution is -0.122. The van der Waals surface area contributed by atoms with E-state index in [-0.39, 0.29) is 30.1 Å². The molecule has 1 aliphatic heterocycles. The van der Waals surface area contributed by atoms with Crippen LogP contribution in [0.25, 0.3) is 11.1 Å². The summed E-state index contributed by atoms with van der Waals surface area (Å²) in [5.41, 5.74) is 3.43. The lowest BCUT2D eigenvalue weighted by atomic mass is 9.94. The second-order valence-electron chi connectivity index (χ2n) is 8.33. The van der Waals surface area contributed by atoms with Gasteiger partial charge in [0, 0.05) is 31.3 Å². The van der Waals surface area contributed by atoms with Gasteiger partial charge in [0.2, 0.25) is 5.91 Å². The molecule has 3 atom stereocenters. The van der Waals surface area contributed by atoms with E-state index in [2.05, 4.69) is 15.6 Å². The van der Waals surface area contributed by atoms with Crippen molar-refractivity contribution < 1.29 is 14.3 Å². The number of nitrogens with zero attached hydrogens (tertiary/aromatic N) is 1. The number of carbonyl (C=O) groups excluding carboxylic acids is 2. The van der Waals surface area contributed by atoms with Crippen molar-refractivity contribution in [2.45, 2.75) is 44.4 Å². The van der Waals surface area contributed by atoms with Crippen LogP contribution in [0.5, 0.6) is 0 Å². The van der Waals surface area contributed by atoms with E-state index in [1.165, 1.54) is 6.92 Å². The highest BCUT2D eigenvalue weighted by Gasteiger charge is 2.31. The molecular weight excluding hydrogens is 414 g/mol. The van der Waals surface area contributed by atoms with Gasteiger partial charge in [-0.2, -0.15) is 0 Å². The van der Waals surface area contributed by atoms with Crippen LogP contribution in [-0.4, -0.2) is 35.5 Å². The van der Waals surface area contributed by atoms with E-state index in [1.54, 1.807) is 6.20 Å². The highest BCUT2D eigenvalue weighted by atomic mass is 16.5. The quantitative estimate of drug-likeness (QED) is 0.571. The maximum atomic E-state index is 13.0. The number of hydrogen-bond acceptors (Lipinski definition) is 4. The van der Waals surface area contributed by atoms with E-state index >= 15 is 0 Å². The van der Waals surface area contributed by atoms with Gasteiger partial charge in [-0.3, -0.25) is 14.6 Å². The van der Waals surface area contributed by atoms with Gasteiger partial charge in [0.15, 0.2) is 0 Å². The molecule has 2 aromatic carbocycles. The third kappa shape index (κ3) is 6.05. The van der Waals surface area contributed by atoms with Crippen LogP contribution in [0.4, 0.5) is 0 Å². The standard InChI is InChI=1S/C27H29N3O3/c1-19(31)30-21-17-22(33-26(18-21)25-13-7-8-15-28-25)14-16-29-27(32)24-12-6-5-11-23(24)20-9-3-2-4-10-20/h2-13,15,21-22,26H,14,16-18H2,1H3,(H,29,32)(H,30,31)/t21-,22+,26+/m0/s1. The van der Waals surface area contributed by atoms with Crippen molar-refractivity contribution in [3.8, 4) is 11.1 Å². The Morgan fingerprint density at radius 2 is 1.73 bits per heavy atom. The fraction of sp³-hybridized carbons (Fsp3) is 0.296. The Kier molecular flexibility index (Phi) is 7.47. The molecular formula is C27H29N3O3. The SMILES string of the molecule is CC(=O)N[C@H]1C[C@@H](CCNC(=O)c2ccccc2-c2ccccc2)O[C@@H](c2ccccn2)C1. The number of pyridine rings is 1. The van der Waals surface area contributed by atoms with Crippen molar-refractivity contribution >= 4 is 11.8 Å². The molecule has 1 saturated heterocycles. The van der Waals surface area contributed by atoms with Gasteiger partial charge in [0.05, 0.1) is 11.8 Å². The molecule has 6 heteroatoms. The van der Waals surface area contributed by atoms with Gasteiger partial charge in [-0.25, -0.2) is 0 Å². The number of aromatic nitrogens is 1. The summed E-state index contributed by atoms with van der Waals surface area (Å²) in [4.78, 5) is 29.0. The molecule has 0 saturated carbocycles. The van der Waals surface area contributed by atoms with Gasteiger partial charge in [-0.05, 0) is 48.6 Å². The third-order valence-corrected chi connectivity index (χ3v) is 5.84. The van der Waals surface area contributed by atoms with Gasteiger partial charge < -0.3 is 15.4 Å². The Morgan fingerprint density at radius 3 is 2.48 bits per heavy atom. The van der Waals surface area contributed by atoms with Crippen LogP contribution in [0.3, 0.4) is 0 Å². The monoisotopic (exact) mass is 443 g/mol. The molecule has 1 aliphatic rings. The fourth-order valence-corrected chi connectivity index (χ4v) is 4.36. The summed E-state index contributed by atoms with van der Waals surface area (Å²) in [6.45, 7) is 2.01. The number of nitrogens with one attached hydrogen (secondary N) is 2. The molecule has 3 aromatic rings. The van der Waals surface area contributed by atoms with Crippen molar-refractivity contribution in [1.29, 1.82) is 0 Å². The number of ether oxygens (including phenoxy) is 1. The Balaban J connectivity index is 1.39. The van der Waals surface area contributed by atoms with Crippen LogP contribution < -0.4 is 10.6 Å². The highest BCUT2D eigenvalue weighted by Crippen LogP contribution is 2.31. The van der Waals surface area contributed by atoms with E-state index in [0.29, 0.717) is 31.4 Å². The first kappa shape index (κ1) is 22.7. The van der Waals surface area contributed by atoms with Crippen LogP contribution in [0.15, 0.2) is 79.0 Å². The van der Waals surface area contributed by atoms with E-state index < -0.39 is 0 Å². The molecule has 1 aromatic heterocycles. The van der Waals surface area contributed by atoms with Crippen molar-refractivity contribution in [3.63, 3.8) is 0 Å². The zero-order valence-corrected chi connectivity index (χ0v) is 18.7. The van der Waals surface area contributed by atoms with Gasteiger partial charge in [0.1, 0.15) is 6.10 Å². The van der Waals surface area contributed by atoms with Gasteiger partial charge in [-0.15, -0.1) is 0 Å². The minimum atomic E-state index is -0.184. The number of benzene rings is 2. The average Bonchev–Trinajstić information content (AvgIpc) is 2.84. The summed E-state index contributed by atoms with van der Waals surface area (Å²) < 4.78 is 6.30. The van der Waals surface area contributed by atoms with Crippen molar-refractivity contribution in [1.82, 2.24) is 15.6 Å². The number of rotatable bonds is 7. The number of carbonyl (C=O) groups is 2. The summed E-state index contributed by atoms with van der Waals surface area (Å²) >= 11 is 0. The molecule has 2 amide bonds. The summed E-state index contributed by atoms with van der Waals surface area (Å²) in [6.07, 6.45) is 3.52. The molecule has 1 fully saturated rings. The second kappa shape index (κ2) is 10.9. The fourth-order valence-electron chi connectivity index (χ4n) is 4.36. The molecule has 0 unspecified atom stereocenters. The molecule has 0 aliphatic carbocycles. The summed E-state index contributed by atoms with van der Waals surface area (Å²) in [7, 11) is 0. The van der Waals surface area contributed by atoms with Crippen molar-refractivity contribution in [3.05, 3.63) is 90.3 Å². The predicted octanol–water partition coefficient (Wildman–Crippen LogP) is 4.29. The first-order valence-corrected chi connectivity index (χ1v) is 11.4. The Labute approximate surface area is 194 Å². The van der Waals surface area contributed by atoms with Crippen LogP contribution >= 0.6 is 0 Å². The Hall–Kier alpha value is -3.51. The smallest absolute Gasteiger partial charge is 0.251 e. The van der Waals surface area contributed by atoms with Crippen LogP contribution in [0.1, 0.15) is 48.3 Å². The summed E-state index contributed by atoms with van der Waals surface area (Å²) in [5, 5.41) is 6.07. The molecule has 4 rings (SSSR count). The maximum Gasteiger partial charge on any atom is 0.251 e. The molecule has 6 nitrogen and oxygen atoms in total. The second-order valence-corrected chi connectivity index (χ2v) is 8.33. The molecule has 33 heavy (non-hydrogen) atoms. The lowest BCUT2D eigenvalue weighted by Crippen LogP contribution is -2.43. The van der Waals surface area contributed by atoms with E-state index in [9.17, 15) is 9.59 Å². The zero-order chi connectivity index (χ0) is 23.0. The normalized spacial score (nSPS) is 20.1. The maximum absolute atomic E-state index is 13.0. The Bertz CT molecular complexity index is 1070. The van der Waals surface area contributed by atoms with E-state index in [0.717, 1.165) is 16.8 Å². The van der Waals surface area contributed by atoms with E-state index in [1.807, 2.05) is 72.8 Å². The molecule has 0 radical (unpaired) electrons. The van der Waals surface area contributed by atoms with Crippen LogP contribution in [-0.2, 0) is 9.53 Å². The molecule has 0 spiro atoms. The summed E-state index contributed by atoms with van der Waals surface area (Å²) in [6, 6.07) is 23.3. The number of amides is 2. The number of hydrogen-bond donors (Lipinski definition) is 2. The summed E-state index contributed by atoms with van der Waals surface area (Å²) in [5.74, 6) is -0.156.